The number of aliphatic hydroxyl groups is 2. The molecule has 4 heteroatoms. The van der Waals surface area contributed by atoms with Gasteiger partial charge in [0.25, 0.3) is 0 Å². The molecule has 0 aliphatic rings. The second-order valence-electron chi connectivity index (χ2n) is 15.8. The van der Waals surface area contributed by atoms with Crippen LogP contribution in [0.4, 0.5) is 0 Å². The van der Waals surface area contributed by atoms with E-state index in [0.717, 1.165) is 32.2 Å². The molecule has 0 aromatic carbocycles. The largest absolute Gasteiger partial charge is 0.390 e. The molecule has 0 rings (SSSR count). The summed E-state index contributed by atoms with van der Waals surface area (Å²) < 4.78 is 0. The molecule has 3 N–H and O–H groups in total. The zero-order chi connectivity index (χ0) is 35.7. The Morgan fingerprint density at radius 1 is 0.388 bits per heavy atom. The Hall–Kier alpha value is -0.610. The average molecular weight is 694 g/mol. The van der Waals surface area contributed by atoms with E-state index in [-0.39, 0.29) is 5.91 Å². The number of amides is 1. The Bertz CT molecular complexity index is 626. The predicted molar refractivity (Wildman–Crippen MR) is 216 cm³/mol. The highest BCUT2D eigenvalue weighted by Gasteiger charge is 2.12. The standard InChI is InChI=1S/C45H91NO3/c1-3-5-6-7-8-9-10-11-12-13-14-15-16-17-18-19-20-21-22-23-26-29-32-35-38-41-45(49)46-42-39-36-33-30-27-24-25-28-31-34-37-40-44(48)43(47)4-2/h43-44,47-48H,3-42H2,1-2H3,(H,46,49). The number of hydrogen-bond donors (Lipinski definition) is 3. The van der Waals surface area contributed by atoms with E-state index < -0.39 is 12.2 Å². The molecule has 0 radical (unpaired) electrons. The molecule has 0 heterocycles. The first-order valence-corrected chi connectivity index (χ1v) is 22.7. The Morgan fingerprint density at radius 3 is 1.00 bits per heavy atom. The highest BCUT2D eigenvalue weighted by Crippen LogP contribution is 2.17. The molecule has 2 atom stereocenters. The Kier molecular flexibility index (Phi) is 41.3. The van der Waals surface area contributed by atoms with Crippen molar-refractivity contribution >= 4 is 5.91 Å². The van der Waals surface area contributed by atoms with Gasteiger partial charge in [-0.2, -0.15) is 0 Å². The summed E-state index contributed by atoms with van der Waals surface area (Å²) in [6, 6.07) is 0. The van der Waals surface area contributed by atoms with Crippen LogP contribution in [0.15, 0.2) is 0 Å². The molecule has 4 nitrogen and oxygen atoms in total. The molecule has 0 bridgehead atoms. The van der Waals surface area contributed by atoms with E-state index in [1.54, 1.807) is 0 Å². The lowest BCUT2D eigenvalue weighted by Gasteiger charge is -2.15. The number of carbonyl (C=O) groups is 1. The van der Waals surface area contributed by atoms with Gasteiger partial charge in [-0.3, -0.25) is 4.79 Å². The fraction of sp³-hybridized carbons (Fsp3) is 0.978. The summed E-state index contributed by atoms with van der Waals surface area (Å²) in [7, 11) is 0. The SMILES string of the molecule is CCCCCCCCCCCCCCCCCCCCCCCCCCCC(=O)NCCCCCCCCCCCCCC(O)C(O)CC. The minimum Gasteiger partial charge on any atom is -0.390 e. The highest BCUT2D eigenvalue weighted by atomic mass is 16.3. The van der Waals surface area contributed by atoms with Crippen molar-refractivity contribution in [1.29, 1.82) is 0 Å². The van der Waals surface area contributed by atoms with E-state index in [9.17, 15) is 15.0 Å². The zero-order valence-electron chi connectivity index (χ0n) is 33.7. The molecule has 2 unspecified atom stereocenters. The third-order valence-corrected chi connectivity index (χ3v) is 10.9. The number of aliphatic hydroxyl groups excluding tert-OH is 2. The first-order valence-electron chi connectivity index (χ1n) is 22.7. The Labute approximate surface area is 308 Å². The maximum absolute atomic E-state index is 12.1. The average Bonchev–Trinajstić information content (AvgIpc) is 3.11. The summed E-state index contributed by atoms with van der Waals surface area (Å²) >= 11 is 0. The van der Waals surface area contributed by atoms with E-state index in [2.05, 4.69) is 12.2 Å². The third kappa shape index (κ3) is 40.0. The summed E-state index contributed by atoms with van der Waals surface area (Å²) in [6.45, 7) is 5.06. The molecule has 0 spiro atoms. The van der Waals surface area contributed by atoms with Crippen molar-refractivity contribution in [3.63, 3.8) is 0 Å². The lowest BCUT2D eigenvalue weighted by atomic mass is 10.0. The summed E-state index contributed by atoms with van der Waals surface area (Å²) in [4.78, 5) is 12.1. The van der Waals surface area contributed by atoms with Crippen LogP contribution in [-0.2, 0) is 4.79 Å². The van der Waals surface area contributed by atoms with Crippen molar-refractivity contribution in [3.05, 3.63) is 0 Å². The normalized spacial score (nSPS) is 12.8. The Morgan fingerprint density at radius 2 is 0.673 bits per heavy atom. The van der Waals surface area contributed by atoms with Gasteiger partial charge in [-0.25, -0.2) is 0 Å². The van der Waals surface area contributed by atoms with E-state index in [4.69, 9.17) is 0 Å². The van der Waals surface area contributed by atoms with Crippen LogP contribution in [0.2, 0.25) is 0 Å². The molecule has 0 saturated carbocycles. The maximum Gasteiger partial charge on any atom is 0.219 e. The minimum absolute atomic E-state index is 0.255. The van der Waals surface area contributed by atoms with Gasteiger partial charge in [-0.05, 0) is 25.7 Å². The molecule has 0 fully saturated rings. The van der Waals surface area contributed by atoms with E-state index in [1.165, 1.54) is 212 Å². The quantitative estimate of drug-likeness (QED) is 0.0557. The maximum atomic E-state index is 12.1. The lowest BCUT2D eigenvalue weighted by molar-refractivity contribution is -0.121. The summed E-state index contributed by atoms with van der Waals surface area (Å²) in [6.07, 6.45) is 49.9. The van der Waals surface area contributed by atoms with Gasteiger partial charge in [0.05, 0.1) is 12.2 Å². The van der Waals surface area contributed by atoms with Gasteiger partial charge in [0, 0.05) is 13.0 Å². The Balaban J connectivity index is 3.17. The summed E-state index contributed by atoms with van der Waals surface area (Å²) in [5.41, 5.74) is 0. The lowest BCUT2D eigenvalue weighted by Crippen LogP contribution is -2.24. The summed E-state index contributed by atoms with van der Waals surface area (Å²) in [5, 5.41) is 22.5. The third-order valence-electron chi connectivity index (χ3n) is 10.9. The number of carbonyl (C=O) groups excluding carboxylic acids is 1. The topological polar surface area (TPSA) is 69.6 Å². The van der Waals surface area contributed by atoms with Crippen molar-refractivity contribution in [2.75, 3.05) is 6.54 Å². The molecule has 294 valence electrons. The second-order valence-corrected chi connectivity index (χ2v) is 15.8. The van der Waals surface area contributed by atoms with Crippen molar-refractivity contribution in [2.45, 2.75) is 276 Å². The fourth-order valence-electron chi connectivity index (χ4n) is 7.27. The molecular formula is C45H91NO3. The molecule has 1 amide bonds. The second kappa shape index (κ2) is 41.8. The van der Waals surface area contributed by atoms with Gasteiger partial charge in [0.1, 0.15) is 0 Å². The van der Waals surface area contributed by atoms with Gasteiger partial charge < -0.3 is 15.5 Å². The molecule has 0 aromatic rings. The van der Waals surface area contributed by atoms with Gasteiger partial charge in [0.2, 0.25) is 5.91 Å². The molecule has 0 aliphatic heterocycles. The first-order chi connectivity index (χ1) is 24.1. The van der Waals surface area contributed by atoms with Crippen LogP contribution in [0.25, 0.3) is 0 Å². The van der Waals surface area contributed by atoms with Crippen LogP contribution >= 0.6 is 0 Å². The fourth-order valence-corrected chi connectivity index (χ4v) is 7.27. The summed E-state index contributed by atoms with van der Waals surface area (Å²) in [5.74, 6) is 0.255. The van der Waals surface area contributed by atoms with Gasteiger partial charge in [0.15, 0.2) is 0 Å². The number of rotatable bonds is 42. The van der Waals surface area contributed by atoms with Gasteiger partial charge in [-0.1, -0.05) is 232 Å². The number of nitrogens with one attached hydrogen (secondary N) is 1. The monoisotopic (exact) mass is 694 g/mol. The molecular weight excluding hydrogens is 602 g/mol. The van der Waals surface area contributed by atoms with Crippen molar-refractivity contribution in [2.24, 2.45) is 0 Å². The predicted octanol–water partition coefficient (Wildman–Crippen LogP) is 14.1. The van der Waals surface area contributed by atoms with Crippen LogP contribution in [0.1, 0.15) is 264 Å². The zero-order valence-corrected chi connectivity index (χ0v) is 33.7. The van der Waals surface area contributed by atoms with Crippen LogP contribution < -0.4 is 5.32 Å². The number of unbranched alkanes of at least 4 members (excludes halogenated alkanes) is 34. The molecule has 0 aromatic heterocycles. The van der Waals surface area contributed by atoms with Crippen LogP contribution in [0.3, 0.4) is 0 Å². The van der Waals surface area contributed by atoms with Crippen LogP contribution in [-0.4, -0.2) is 34.9 Å². The van der Waals surface area contributed by atoms with E-state index >= 15 is 0 Å². The highest BCUT2D eigenvalue weighted by molar-refractivity contribution is 5.75. The van der Waals surface area contributed by atoms with Crippen molar-refractivity contribution in [1.82, 2.24) is 5.32 Å². The van der Waals surface area contributed by atoms with Crippen molar-refractivity contribution in [3.8, 4) is 0 Å². The smallest absolute Gasteiger partial charge is 0.219 e. The molecule has 0 aliphatic carbocycles. The molecule has 0 saturated heterocycles. The van der Waals surface area contributed by atoms with E-state index in [0.29, 0.717) is 12.8 Å². The van der Waals surface area contributed by atoms with E-state index in [1.807, 2.05) is 6.92 Å². The van der Waals surface area contributed by atoms with Crippen molar-refractivity contribution < 1.29 is 15.0 Å². The van der Waals surface area contributed by atoms with Crippen LogP contribution in [0.5, 0.6) is 0 Å². The minimum atomic E-state index is -0.552. The van der Waals surface area contributed by atoms with Gasteiger partial charge in [-0.15, -0.1) is 0 Å². The molecule has 49 heavy (non-hydrogen) atoms. The number of hydrogen-bond acceptors (Lipinski definition) is 3. The first kappa shape index (κ1) is 48.4. The van der Waals surface area contributed by atoms with Crippen LogP contribution in [0, 0.1) is 0 Å². The van der Waals surface area contributed by atoms with Gasteiger partial charge >= 0.3 is 0 Å².